The van der Waals surface area contributed by atoms with Gasteiger partial charge in [0.2, 0.25) is 11.8 Å². The lowest BCUT2D eigenvalue weighted by Gasteiger charge is -2.09. The number of hydrogen-bond acceptors (Lipinski definition) is 4. The first-order chi connectivity index (χ1) is 8.60. The highest BCUT2D eigenvalue weighted by Gasteiger charge is 2.10. The van der Waals surface area contributed by atoms with Gasteiger partial charge in [-0.15, -0.1) is 0 Å². The summed E-state index contributed by atoms with van der Waals surface area (Å²) < 4.78 is 5.61. The van der Waals surface area contributed by atoms with Gasteiger partial charge >= 0.3 is 0 Å². The van der Waals surface area contributed by atoms with E-state index in [-0.39, 0.29) is 5.88 Å². The molecule has 0 atom stereocenters. The molecule has 2 aromatic rings. The number of ether oxygens (including phenoxy) is 1. The van der Waals surface area contributed by atoms with Crippen molar-refractivity contribution in [3.8, 4) is 11.6 Å². The number of anilines is 1. The predicted octanol–water partition coefficient (Wildman–Crippen LogP) is 3.93. The van der Waals surface area contributed by atoms with Gasteiger partial charge in [-0.1, -0.05) is 29.3 Å². The quantitative estimate of drug-likeness (QED) is 0.927. The second kappa shape index (κ2) is 5.42. The van der Waals surface area contributed by atoms with E-state index in [0.717, 1.165) is 5.56 Å². The molecule has 0 saturated carbocycles. The Morgan fingerprint density at radius 3 is 2.72 bits per heavy atom. The first-order valence-electron chi connectivity index (χ1n) is 5.24. The van der Waals surface area contributed by atoms with Crippen LogP contribution in [0.2, 0.25) is 10.0 Å². The van der Waals surface area contributed by atoms with Crippen LogP contribution < -0.4 is 10.1 Å². The molecule has 0 aliphatic heterocycles. The van der Waals surface area contributed by atoms with Gasteiger partial charge in [-0.2, -0.15) is 4.98 Å². The second-order valence-corrected chi connectivity index (χ2v) is 4.45. The van der Waals surface area contributed by atoms with Gasteiger partial charge in [0.1, 0.15) is 10.8 Å². The van der Waals surface area contributed by atoms with E-state index in [1.807, 2.05) is 19.1 Å². The molecule has 6 heteroatoms. The molecule has 0 radical (unpaired) electrons. The van der Waals surface area contributed by atoms with Crippen molar-refractivity contribution < 1.29 is 4.74 Å². The predicted molar refractivity (Wildman–Crippen MR) is 72.9 cm³/mol. The third kappa shape index (κ3) is 2.83. The van der Waals surface area contributed by atoms with Crippen molar-refractivity contribution in [3.63, 3.8) is 0 Å². The van der Waals surface area contributed by atoms with Gasteiger partial charge in [0, 0.05) is 7.05 Å². The molecule has 1 N–H and O–H groups in total. The van der Waals surface area contributed by atoms with Crippen LogP contribution in [0.25, 0.3) is 0 Å². The molecule has 0 aliphatic rings. The zero-order valence-electron chi connectivity index (χ0n) is 9.87. The molecule has 1 heterocycles. The van der Waals surface area contributed by atoms with Crippen molar-refractivity contribution in [2.75, 3.05) is 12.4 Å². The second-order valence-electron chi connectivity index (χ2n) is 3.63. The highest BCUT2D eigenvalue weighted by Crippen LogP contribution is 2.32. The minimum atomic E-state index is 0.267. The van der Waals surface area contributed by atoms with Crippen LogP contribution in [-0.4, -0.2) is 17.0 Å². The normalized spacial score (nSPS) is 10.2. The molecule has 18 heavy (non-hydrogen) atoms. The topological polar surface area (TPSA) is 47.0 Å². The zero-order chi connectivity index (χ0) is 13.1. The van der Waals surface area contributed by atoms with Crippen LogP contribution >= 0.6 is 23.2 Å². The largest absolute Gasteiger partial charge is 0.436 e. The van der Waals surface area contributed by atoms with Crippen LogP contribution in [0.3, 0.4) is 0 Å². The summed E-state index contributed by atoms with van der Waals surface area (Å²) in [5, 5.41) is 3.64. The Bertz CT molecular complexity index is 575. The Morgan fingerprint density at radius 1 is 1.22 bits per heavy atom. The number of nitrogens with one attached hydrogen (secondary N) is 1. The van der Waals surface area contributed by atoms with Gasteiger partial charge in [0.15, 0.2) is 0 Å². The summed E-state index contributed by atoms with van der Waals surface area (Å²) in [6.07, 6.45) is 1.47. The molecular formula is C12H11Cl2N3O. The maximum atomic E-state index is 6.05. The van der Waals surface area contributed by atoms with E-state index in [4.69, 9.17) is 27.9 Å². The highest BCUT2D eigenvalue weighted by molar-refractivity contribution is 6.32. The number of hydrogen-bond donors (Lipinski definition) is 1. The highest BCUT2D eigenvalue weighted by atomic mass is 35.5. The minimum Gasteiger partial charge on any atom is -0.436 e. The molecule has 0 fully saturated rings. The van der Waals surface area contributed by atoms with Crippen molar-refractivity contribution in [1.82, 2.24) is 9.97 Å². The summed E-state index contributed by atoms with van der Waals surface area (Å²) in [5.41, 5.74) is 1.04. The van der Waals surface area contributed by atoms with Crippen LogP contribution in [0.1, 0.15) is 5.56 Å². The van der Waals surface area contributed by atoms with E-state index in [2.05, 4.69) is 15.3 Å². The Balaban J connectivity index is 2.36. The molecule has 0 saturated heterocycles. The number of halogens is 2. The zero-order valence-corrected chi connectivity index (χ0v) is 11.4. The summed E-state index contributed by atoms with van der Waals surface area (Å²) in [6.45, 7) is 1.95. The summed E-state index contributed by atoms with van der Waals surface area (Å²) in [7, 11) is 1.71. The fourth-order valence-electron chi connectivity index (χ4n) is 1.34. The lowest BCUT2D eigenvalue weighted by molar-refractivity contribution is 0.462. The Morgan fingerprint density at radius 2 is 2.00 bits per heavy atom. The Labute approximate surface area is 115 Å². The molecule has 0 amide bonds. The molecule has 0 unspecified atom stereocenters. The number of nitrogens with zero attached hydrogens (tertiary/aromatic N) is 2. The van der Waals surface area contributed by atoms with Crippen LogP contribution in [0.4, 0.5) is 5.95 Å². The van der Waals surface area contributed by atoms with Crippen molar-refractivity contribution in [3.05, 3.63) is 40.0 Å². The number of aromatic nitrogens is 2. The maximum Gasteiger partial charge on any atom is 0.243 e. The average molecular weight is 284 g/mol. The van der Waals surface area contributed by atoms with Gasteiger partial charge in [-0.25, -0.2) is 4.98 Å². The average Bonchev–Trinajstić information content (AvgIpc) is 2.36. The summed E-state index contributed by atoms with van der Waals surface area (Å²) in [6, 6.07) is 5.48. The van der Waals surface area contributed by atoms with E-state index < -0.39 is 0 Å². The molecule has 2 rings (SSSR count). The lowest BCUT2D eigenvalue weighted by Crippen LogP contribution is -1.98. The van der Waals surface area contributed by atoms with Crippen LogP contribution in [0.5, 0.6) is 11.6 Å². The molecular weight excluding hydrogens is 273 g/mol. The molecule has 94 valence electrons. The monoisotopic (exact) mass is 283 g/mol. The third-order valence-electron chi connectivity index (χ3n) is 2.23. The summed E-state index contributed by atoms with van der Waals surface area (Å²) in [5.74, 6) is 1.21. The molecule has 0 bridgehead atoms. The Kier molecular flexibility index (Phi) is 3.89. The number of benzene rings is 1. The van der Waals surface area contributed by atoms with Crippen LogP contribution in [0.15, 0.2) is 24.4 Å². The van der Waals surface area contributed by atoms with Crippen molar-refractivity contribution in [2.24, 2.45) is 0 Å². The number of rotatable bonds is 3. The first-order valence-corrected chi connectivity index (χ1v) is 6.00. The summed E-state index contributed by atoms with van der Waals surface area (Å²) >= 11 is 12.0. The van der Waals surface area contributed by atoms with E-state index in [1.54, 1.807) is 13.1 Å². The van der Waals surface area contributed by atoms with Gasteiger partial charge in [-0.3, -0.25) is 0 Å². The van der Waals surface area contributed by atoms with Gasteiger partial charge in [0.05, 0.1) is 11.2 Å². The van der Waals surface area contributed by atoms with Crippen LogP contribution in [-0.2, 0) is 0 Å². The van der Waals surface area contributed by atoms with Gasteiger partial charge in [0.25, 0.3) is 0 Å². The fraction of sp³-hybridized carbons (Fsp3) is 0.167. The minimum absolute atomic E-state index is 0.267. The van der Waals surface area contributed by atoms with Crippen LogP contribution in [0, 0.1) is 6.92 Å². The molecule has 1 aromatic heterocycles. The lowest BCUT2D eigenvalue weighted by atomic mass is 10.2. The Hall–Kier alpha value is -1.52. The fourth-order valence-corrected chi connectivity index (χ4v) is 1.62. The van der Waals surface area contributed by atoms with Crippen molar-refractivity contribution in [2.45, 2.75) is 6.92 Å². The van der Waals surface area contributed by atoms with E-state index in [1.165, 1.54) is 6.20 Å². The molecule has 4 nitrogen and oxygen atoms in total. The number of aryl methyl sites for hydroxylation is 1. The molecule has 0 aliphatic carbocycles. The van der Waals surface area contributed by atoms with Crippen molar-refractivity contribution in [1.29, 1.82) is 0 Å². The standard InChI is InChI=1S/C12H11Cl2N3O/c1-7-3-4-8(13)10(5-7)18-11-9(14)6-16-12(15-2)17-11/h3-6H,1-2H3,(H,15,16,17). The summed E-state index contributed by atoms with van der Waals surface area (Å²) in [4.78, 5) is 8.09. The van der Waals surface area contributed by atoms with Gasteiger partial charge in [-0.05, 0) is 24.6 Å². The maximum absolute atomic E-state index is 6.05. The van der Waals surface area contributed by atoms with E-state index in [9.17, 15) is 0 Å². The molecule has 1 aromatic carbocycles. The van der Waals surface area contributed by atoms with Crippen molar-refractivity contribution >= 4 is 29.2 Å². The third-order valence-corrected chi connectivity index (χ3v) is 2.80. The molecule has 0 spiro atoms. The smallest absolute Gasteiger partial charge is 0.243 e. The van der Waals surface area contributed by atoms with E-state index in [0.29, 0.717) is 21.7 Å². The van der Waals surface area contributed by atoms with Gasteiger partial charge < -0.3 is 10.1 Å². The SMILES string of the molecule is CNc1ncc(Cl)c(Oc2cc(C)ccc2Cl)n1. The first kappa shape index (κ1) is 12.9. The van der Waals surface area contributed by atoms with E-state index >= 15 is 0 Å².